The molecule has 1 aromatic heterocycles. The van der Waals surface area contributed by atoms with Crippen LogP contribution in [0.3, 0.4) is 0 Å². The molecule has 0 fully saturated rings. The van der Waals surface area contributed by atoms with Crippen LogP contribution in [0.2, 0.25) is 5.02 Å². The highest BCUT2D eigenvalue weighted by Crippen LogP contribution is 2.25. The van der Waals surface area contributed by atoms with Crippen molar-refractivity contribution in [3.63, 3.8) is 0 Å². The Bertz CT molecular complexity index is 1200. The van der Waals surface area contributed by atoms with Gasteiger partial charge in [0.2, 0.25) is 11.2 Å². The van der Waals surface area contributed by atoms with Crippen molar-refractivity contribution in [1.29, 1.82) is 0 Å². The predicted molar refractivity (Wildman–Crippen MR) is 111 cm³/mol. The molecule has 4 aromatic rings. The molecule has 0 atom stereocenters. The van der Waals surface area contributed by atoms with E-state index in [9.17, 15) is 4.79 Å². The van der Waals surface area contributed by atoms with E-state index in [0.717, 1.165) is 5.56 Å². The van der Waals surface area contributed by atoms with Gasteiger partial charge >= 0.3 is 0 Å². The molecule has 0 saturated carbocycles. The monoisotopic (exact) mass is 408 g/mol. The van der Waals surface area contributed by atoms with E-state index in [1.807, 2.05) is 18.2 Å². The summed E-state index contributed by atoms with van der Waals surface area (Å²) in [6.07, 6.45) is 1.30. The Hall–Kier alpha value is -3.44. The second-order valence-corrected chi connectivity index (χ2v) is 6.72. The van der Waals surface area contributed by atoms with Crippen molar-refractivity contribution < 1.29 is 18.6 Å². The smallest absolute Gasteiger partial charge is 0.235 e. The summed E-state index contributed by atoms with van der Waals surface area (Å²) in [5, 5.41) is 1.06. The van der Waals surface area contributed by atoms with E-state index in [2.05, 4.69) is 0 Å². The number of benzene rings is 3. The van der Waals surface area contributed by atoms with E-state index >= 15 is 0 Å². The molecule has 1 heterocycles. The third-order valence-electron chi connectivity index (χ3n) is 4.30. The van der Waals surface area contributed by atoms with Crippen LogP contribution < -0.4 is 19.6 Å². The molecule has 0 saturated heterocycles. The first-order chi connectivity index (χ1) is 14.1. The Morgan fingerprint density at radius 1 is 0.931 bits per heavy atom. The number of fused-ring (bicyclic) bond motifs is 1. The van der Waals surface area contributed by atoms with Crippen LogP contribution in [-0.2, 0) is 6.61 Å². The van der Waals surface area contributed by atoms with Gasteiger partial charge in [-0.05, 0) is 54.1 Å². The molecule has 0 N–H and O–H groups in total. The van der Waals surface area contributed by atoms with E-state index in [-0.39, 0.29) is 11.2 Å². The van der Waals surface area contributed by atoms with Crippen molar-refractivity contribution in [3.05, 3.63) is 93.8 Å². The summed E-state index contributed by atoms with van der Waals surface area (Å²) >= 11 is 5.99. The zero-order chi connectivity index (χ0) is 20.2. The molecule has 0 bridgehead atoms. The van der Waals surface area contributed by atoms with Crippen molar-refractivity contribution in [2.75, 3.05) is 7.11 Å². The SMILES string of the molecule is COc1ccc(Oc2coc3cc(OCc4cccc(Cl)c4)ccc3c2=O)cc1. The first-order valence-electron chi connectivity index (χ1n) is 8.87. The lowest BCUT2D eigenvalue weighted by Crippen LogP contribution is -2.05. The molecule has 0 aliphatic rings. The van der Waals surface area contributed by atoms with Crippen molar-refractivity contribution in [2.24, 2.45) is 0 Å². The second kappa shape index (κ2) is 8.29. The molecule has 146 valence electrons. The maximum atomic E-state index is 12.7. The van der Waals surface area contributed by atoms with Crippen LogP contribution in [-0.4, -0.2) is 7.11 Å². The molecule has 6 heteroatoms. The second-order valence-electron chi connectivity index (χ2n) is 6.28. The number of ether oxygens (including phenoxy) is 3. The van der Waals surface area contributed by atoms with E-state index in [0.29, 0.717) is 39.8 Å². The van der Waals surface area contributed by atoms with E-state index in [1.54, 1.807) is 55.6 Å². The minimum Gasteiger partial charge on any atom is -0.497 e. The van der Waals surface area contributed by atoms with Gasteiger partial charge < -0.3 is 18.6 Å². The predicted octanol–water partition coefficient (Wildman–Crippen LogP) is 5.83. The van der Waals surface area contributed by atoms with Crippen LogP contribution in [0.25, 0.3) is 11.0 Å². The van der Waals surface area contributed by atoms with Crippen molar-refractivity contribution in [2.45, 2.75) is 6.61 Å². The van der Waals surface area contributed by atoms with Crippen LogP contribution in [0.1, 0.15) is 5.56 Å². The number of methoxy groups -OCH3 is 1. The molecular formula is C23H17ClO5. The van der Waals surface area contributed by atoms with Crippen molar-refractivity contribution >= 4 is 22.6 Å². The number of rotatable bonds is 6. The first kappa shape index (κ1) is 18.9. The number of halogens is 1. The lowest BCUT2D eigenvalue weighted by Gasteiger charge is -2.09. The zero-order valence-electron chi connectivity index (χ0n) is 15.6. The Morgan fingerprint density at radius 2 is 1.69 bits per heavy atom. The molecule has 0 spiro atoms. The quantitative estimate of drug-likeness (QED) is 0.402. The lowest BCUT2D eigenvalue weighted by molar-refractivity contribution is 0.306. The summed E-state index contributed by atoms with van der Waals surface area (Å²) < 4.78 is 22.2. The van der Waals surface area contributed by atoms with Crippen LogP contribution in [0, 0.1) is 0 Å². The van der Waals surface area contributed by atoms with Gasteiger partial charge in [0.15, 0.2) is 0 Å². The molecule has 3 aromatic carbocycles. The standard InChI is InChI=1S/C23H17ClO5/c1-26-17-5-7-18(8-6-17)29-22-14-28-21-12-19(9-10-20(21)23(22)25)27-13-15-3-2-4-16(24)11-15/h2-12,14H,13H2,1H3. The third kappa shape index (κ3) is 4.36. The number of hydrogen-bond donors (Lipinski definition) is 0. The summed E-state index contributed by atoms with van der Waals surface area (Å²) in [5.74, 6) is 1.91. The van der Waals surface area contributed by atoms with Gasteiger partial charge in [-0.25, -0.2) is 0 Å². The van der Waals surface area contributed by atoms with Gasteiger partial charge in [0, 0.05) is 11.1 Å². The topological polar surface area (TPSA) is 57.9 Å². The largest absolute Gasteiger partial charge is 0.497 e. The van der Waals surface area contributed by atoms with Gasteiger partial charge in [-0.3, -0.25) is 4.79 Å². The summed E-state index contributed by atoms with van der Waals surface area (Å²) in [6, 6.07) is 19.4. The minimum absolute atomic E-state index is 0.107. The summed E-state index contributed by atoms with van der Waals surface area (Å²) in [4.78, 5) is 12.7. The highest BCUT2D eigenvalue weighted by molar-refractivity contribution is 6.30. The third-order valence-corrected chi connectivity index (χ3v) is 4.53. The van der Waals surface area contributed by atoms with E-state index in [4.69, 9.17) is 30.2 Å². The van der Waals surface area contributed by atoms with Crippen LogP contribution in [0.15, 0.2) is 82.2 Å². The molecular weight excluding hydrogens is 392 g/mol. The molecule has 4 rings (SSSR count). The Balaban J connectivity index is 1.53. The van der Waals surface area contributed by atoms with Gasteiger partial charge in [0.05, 0.1) is 12.5 Å². The molecule has 0 unspecified atom stereocenters. The lowest BCUT2D eigenvalue weighted by atomic mass is 10.2. The Labute approximate surface area is 172 Å². The van der Waals surface area contributed by atoms with Gasteiger partial charge in [0.1, 0.15) is 35.7 Å². The minimum atomic E-state index is -0.261. The van der Waals surface area contributed by atoms with Crippen LogP contribution in [0.5, 0.6) is 23.0 Å². The summed E-state index contributed by atoms with van der Waals surface area (Å²) in [5.41, 5.74) is 1.10. The molecule has 0 aliphatic heterocycles. The zero-order valence-corrected chi connectivity index (χ0v) is 16.3. The highest BCUT2D eigenvalue weighted by Gasteiger charge is 2.10. The maximum Gasteiger partial charge on any atom is 0.235 e. The summed E-state index contributed by atoms with van der Waals surface area (Å²) in [7, 11) is 1.58. The average Bonchev–Trinajstić information content (AvgIpc) is 2.75. The fourth-order valence-electron chi connectivity index (χ4n) is 2.82. The van der Waals surface area contributed by atoms with Crippen LogP contribution in [0.4, 0.5) is 0 Å². The first-order valence-corrected chi connectivity index (χ1v) is 9.25. The molecule has 29 heavy (non-hydrogen) atoms. The fraction of sp³-hybridized carbons (Fsp3) is 0.0870. The maximum absolute atomic E-state index is 12.7. The van der Waals surface area contributed by atoms with Gasteiger partial charge in [0.25, 0.3) is 0 Å². The normalized spacial score (nSPS) is 10.7. The van der Waals surface area contributed by atoms with Crippen molar-refractivity contribution in [3.8, 4) is 23.0 Å². The molecule has 0 amide bonds. The number of hydrogen-bond acceptors (Lipinski definition) is 5. The molecule has 5 nitrogen and oxygen atoms in total. The summed E-state index contributed by atoms with van der Waals surface area (Å²) in [6.45, 7) is 0.356. The Morgan fingerprint density at radius 3 is 2.45 bits per heavy atom. The Kier molecular flexibility index (Phi) is 5.40. The van der Waals surface area contributed by atoms with Gasteiger partial charge in [-0.2, -0.15) is 0 Å². The van der Waals surface area contributed by atoms with E-state index < -0.39 is 0 Å². The molecule has 0 radical (unpaired) electrons. The van der Waals surface area contributed by atoms with Gasteiger partial charge in [-0.1, -0.05) is 23.7 Å². The average molecular weight is 409 g/mol. The highest BCUT2D eigenvalue weighted by atomic mass is 35.5. The van der Waals surface area contributed by atoms with E-state index in [1.165, 1.54) is 6.26 Å². The fourth-order valence-corrected chi connectivity index (χ4v) is 3.03. The van der Waals surface area contributed by atoms with Crippen molar-refractivity contribution in [1.82, 2.24) is 0 Å². The van der Waals surface area contributed by atoms with Crippen LogP contribution >= 0.6 is 11.6 Å². The van der Waals surface area contributed by atoms with Gasteiger partial charge in [-0.15, -0.1) is 0 Å². The molecule has 0 aliphatic carbocycles.